The quantitative estimate of drug-likeness (QED) is 0.427. The summed E-state index contributed by atoms with van der Waals surface area (Å²) in [5.41, 5.74) is -0.333. The van der Waals surface area contributed by atoms with Crippen LogP contribution >= 0.6 is 0 Å². The third-order valence-corrected chi connectivity index (χ3v) is 3.09. The Bertz CT molecular complexity index is 323. The molecule has 0 aliphatic carbocycles. The molecule has 0 amide bonds. The lowest BCUT2D eigenvalue weighted by molar-refractivity contribution is -0.156. The minimum absolute atomic E-state index is 0.249. The topological polar surface area (TPSA) is 59.1 Å². The van der Waals surface area contributed by atoms with Crippen molar-refractivity contribution in [2.75, 3.05) is 0 Å². The van der Waals surface area contributed by atoms with Crippen molar-refractivity contribution < 1.29 is 19.4 Å². The Morgan fingerprint density at radius 2 is 2.40 bits per heavy atom. The smallest absolute Gasteiger partial charge is 0.344 e. The highest BCUT2D eigenvalue weighted by Crippen LogP contribution is 2.50. The van der Waals surface area contributed by atoms with Crippen molar-refractivity contribution >= 4 is 5.97 Å². The summed E-state index contributed by atoms with van der Waals surface area (Å²) in [5.74, 6) is -0.434. The summed E-state index contributed by atoms with van der Waals surface area (Å²) >= 11 is 0. The van der Waals surface area contributed by atoms with Crippen molar-refractivity contribution in [2.45, 2.75) is 51.1 Å². The third kappa shape index (κ3) is 1.32. The molecule has 1 unspecified atom stereocenters. The molecule has 0 aromatic heterocycles. The van der Waals surface area contributed by atoms with Gasteiger partial charge in [0, 0.05) is 0 Å². The van der Waals surface area contributed by atoms with Gasteiger partial charge in [0.05, 0.1) is 0 Å². The van der Waals surface area contributed by atoms with Gasteiger partial charge in [0.15, 0.2) is 0 Å². The molecule has 1 N–H and O–H groups in total. The summed E-state index contributed by atoms with van der Waals surface area (Å²) in [5, 5.41) is 10.0. The second-order valence-electron chi connectivity index (χ2n) is 4.20. The molecule has 0 radical (unpaired) electrons. The second kappa shape index (κ2) is 3.32. The van der Waals surface area contributed by atoms with Crippen LogP contribution in [0.25, 0.3) is 0 Å². The molecule has 4 atom stereocenters. The SMILES string of the molecule is CC/C=C(\C)C(O)[C@]12O[C@H]1[C@H](C)OC2=O. The first-order valence-corrected chi connectivity index (χ1v) is 5.27. The number of hydrogen-bond donors (Lipinski definition) is 1. The molecule has 0 aromatic rings. The predicted molar refractivity (Wildman–Crippen MR) is 53.2 cm³/mol. The molecule has 2 aliphatic heterocycles. The lowest BCUT2D eigenvalue weighted by Crippen LogP contribution is -2.38. The monoisotopic (exact) mass is 212 g/mol. The van der Waals surface area contributed by atoms with Crippen LogP contribution < -0.4 is 0 Å². The van der Waals surface area contributed by atoms with Crippen LogP contribution in [0.2, 0.25) is 0 Å². The van der Waals surface area contributed by atoms with E-state index in [2.05, 4.69) is 0 Å². The Hall–Kier alpha value is -0.870. The molecule has 0 aromatic carbocycles. The summed E-state index contributed by atoms with van der Waals surface area (Å²) in [4.78, 5) is 11.6. The average molecular weight is 212 g/mol. The minimum Gasteiger partial charge on any atom is -0.457 e. The Morgan fingerprint density at radius 3 is 2.80 bits per heavy atom. The highest BCUT2D eigenvalue weighted by molar-refractivity contribution is 5.88. The van der Waals surface area contributed by atoms with Gasteiger partial charge in [-0.25, -0.2) is 4.79 Å². The van der Waals surface area contributed by atoms with Crippen LogP contribution in [0.1, 0.15) is 27.2 Å². The lowest BCUT2D eigenvalue weighted by Gasteiger charge is -2.15. The van der Waals surface area contributed by atoms with Crippen molar-refractivity contribution in [1.82, 2.24) is 0 Å². The van der Waals surface area contributed by atoms with Crippen LogP contribution in [0, 0.1) is 0 Å². The van der Waals surface area contributed by atoms with Crippen molar-refractivity contribution in [2.24, 2.45) is 0 Å². The number of aliphatic hydroxyl groups is 1. The van der Waals surface area contributed by atoms with Crippen LogP contribution in [0.15, 0.2) is 11.6 Å². The molecule has 15 heavy (non-hydrogen) atoms. The van der Waals surface area contributed by atoms with E-state index in [1.54, 1.807) is 13.8 Å². The first-order chi connectivity index (χ1) is 7.04. The molecule has 0 spiro atoms. The van der Waals surface area contributed by atoms with E-state index in [0.717, 1.165) is 12.0 Å². The molecule has 2 rings (SSSR count). The number of ether oxygens (including phenoxy) is 2. The van der Waals surface area contributed by atoms with E-state index in [9.17, 15) is 9.90 Å². The van der Waals surface area contributed by atoms with E-state index in [0.29, 0.717) is 0 Å². The van der Waals surface area contributed by atoms with E-state index >= 15 is 0 Å². The van der Waals surface area contributed by atoms with Crippen LogP contribution in [-0.2, 0) is 14.3 Å². The van der Waals surface area contributed by atoms with Gasteiger partial charge >= 0.3 is 5.97 Å². The molecule has 84 valence electrons. The van der Waals surface area contributed by atoms with E-state index < -0.39 is 17.7 Å². The number of esters is 1. The summed E-state index contributed by atoms with van der Waals surface area (Å²) in [6, 6.07) is 0. The molecule has 2 aliphatic rings. The third-order valence-electron chi connectivity index (χ3n) is 3.09. The number of carbonyl (C=O) groups is 1. The van der Waals surface area contributed by atoms with Crippen LogP contribution in [-0.4, -0.2) is 35.0 Å². The van der Waals surface area contributed by atoms with Crippen molar-refractivity contribution in [3.05, 3.63) is 11.6 Å². The zero-order chi connectivity index (χ0) is 11.2. The Morgan fingerprint density at radius 1 is 1.73 bits per heavy atom. The number of aliphatic hydroxyl groups excluding tert-OH is 1. The van der Waals surface area contributed by atoms with Gasteiger partial charge in [-0.1, -0.05) is 13.0 Å². The van der Waals surface area contributed by atoms with E-state index in [-0.39, 0.29) is 12.2 Å². The van der Waals surface area contributed by atoms with Gasteiger partial charge in [0.1, 0.15) is 18.3 Å². The Labute approximate surface area is 88.9 Å². The fraction of sp³-hybridized carbons (Fsp3) is 0.727. The van der Waals surface area contributed by atoms with Gasteiger partial charge in [-0.3, -0.25) is 0 Å². The average Bonchev–Trinajstić information content (AvgIpc) is 2.87. The summed E-state index contributed by atoms with van der Waals surface area (Å²) in [7, 11) is 0. The van der Waals surface area contributed by atoms with Crippen LogP contribution in [0.5, 0.6) is 0 Å². The maximum atomic E-state index is 11.6. The van der Waals surface area contributed by atoms with Gasteiger partial charge < -0.3 is 14.6 Å². The fourth-order valence-electron chi connectivity index (χ4n) is 2.21. The molecular formula is C11H16O4. The molecule has 2 heterocycles. The van der Waals surface area contributed by atoms with Gasteiger partial charge in [-0.05, 0) is 25.8 Å². The van der Waals surface area contributed by atoms with E-state index in [4.69, 9.17) is 9.47 Å². The summed E-state index contributed by atoms with van der Waals surface area (Å²) in [6.45, 7) is 5.57. The summed E-state index contributed by atoms with van der Waals surface area (Å²) in [6.07, 6.45) is 1.32. The zero-order valence-corrected chi connectivity index (χ0v) is 9.19. The molecule has 4 heteroatoms. The first kappa shape index (κ1) is 10.6. The van der Waals surface area contributed by atoms with Gasteiger partial charge in [0.25, 0.3) is 0 Å². The maximum Gasteiger partial charge on any atom is 0.344 e. The summed E-state index contributed by atoms with van der Waals surface area (Å²) < 4.78 is 10.4. The first-order valence-electron chi connectivity index (χ1n) is 5.27. The normalized spacial score (nSPS) is 41.1. The second-order valence-corrected chi connectivity index (χ2v) is 4.20. The van der Waals surface area contributed by atoms with Crippen LogP contribution in [0.3, 0.4) is 0 Å². The number of carbonyl (C=O) groups excluding carboxylic acids is 1. The molecule has 0 bridgehead atoms. The number of hydrogen-bond acceptors (Lipinski definition) is 4. The number of fused-ring (bicyclic) bond motifs is 1. The minimum atomic E-state index is -1.10. The van der Waals surface area contributed by atoms with E-state index in [1.807, 2.05) is 13.0 Å². The van der Waals surface area contributed by atoms with Crippen LogP contribution in [0.4, 0.5) is 0 Å². The highest BCUT2D eigenvalue weighted by atomic mass is 16.7. The number of allylic oxidation sites excluding steroid dienone is 1. The molecular weight excluding hydrogens is 196 g/mol. The Balaban J connectivity index is 2.19. The predicted octanol–water partition coefficient (Wildman–Crippen LogP) is 0.786. The van der Waals surface area contributed by atoms with Gasteiger partial charge in [-0.2, -0.15) is 0 Å². The zero-order valence-electron chi connectivity index (χ0n) is 9.19. The fourth-order valence-corrected chi connectivity index (χ4v) is 2.21. The molecule has 0 saturated carbocycles. The standard InChI is InChI=1S/C11H16O4/c1-4-5-6(2)8(12)11-9(15-11)7(3)14-10(11)13/h5,7-9,12H,4H2,1-3H3/b6-5+/t7-,8?,9-,11-/m0/s1. The maximum absolute atomic E-state index is 11.6. The van der Waals surface area contributed by atoms with Gasteiger partial charge in [0.2, 0.25) is 5.60 Å². The molecule has 4 nitrogen and oxygen atoms in total. The van der Waals surface area contributed by atoms with Crippen molar-refractivity contribution in [3.63, 3.8) is 0 Å². The van der Waals surface area contributed by atoms with E-state index in [1.165, 1.54) is 0 Å². The Kier molecular flexibility index (Phi) is 2.35. The van der Waals surface area contributed by atoms with Gasteiger partial charge in [-0.15, -0.1) is 0 Å². The number of epoxide rings is 1. The van der Waals surface area contributed by atoms with Crippen molar-refractivity contribution in [3.8, 4) is 0 Å². The number of rotatable bonds is 3. The highest BCUT2D eigenvalue weighted by Gasteiger charge is 2.75. The largest absolute Gasteiger partial charge is 0.457 e. The molecule has 2 fully saturated rings. The molecule has 2 saturated heterocycles. The number of cyclic esters (lactones) is 1. The lowest BCUT2D eigenvalue weighted by atomic mass is 9.93. The van der Waals surface area contributed by atoms with Crippen molar-refractivity contribution in [1.29, 1.82) is 0 Å².